The fourth-order valence-electron chi connectivity index (χ4n) is 4.19. The molecule has 3 N–H and O–H groups in total. The van der Waals surface area contributed by atoms with Crippen LogP contribution in [0, 0.1) is 5.41 Å². The Morgan fingerprint density at radius 2 is 1.80 bits per heavy atom. The van der Waals surface area contributed by atoms with Crippen LogP contribution >= 0.6 is 0 Å². The number of imide groups is 1. The summed E-state index contributed by atoms with van der Waals surface area (Å²) in [7, 11) is 0. The van der Waals surface area contributed by atoms with Crippen molar-refractivity contribution in [3.05, 3.63) is 35.9 Å². The molecular weight excluding hydrogens is 316 g/mol. The Morgan fingerprint density at radius 3 is 2.44 bits per heavy atom. The summed E-state index contributed by atoms with van der Waals surface area (Å²) in [6.07, 6.45) is 3.44. The predicted octanol–water partition coefficient (Wildman–Crippen LogP) is 1.56. The number of amides is 3. The fourth-order valence-corrected chi connectivity index (χ4v) is 4.19. The second kappa shape index (κ2) is 7.54. The maximum atomic E-state index is 12.0. The molecule has 1 aromatic carbocycles. The minimum atomic E-state index is -0.780. The van der Waals surface area contributed by atoms with Gasteiger partial charge in [0.05, 0.1) is 6.04 Å². The summed E-state index contributed by atoms with van der Waals surface area (Å²) in [6, 6.07) is 9.53. The third-order valence-corrected chi connectivity index (χ3v) is 5.80. The van der Waals surface area contributed by atoms with E-state index in [9.17, 15) is 9.59 Å². The Balaban J connectivity index is 1.50. The first-order valence-corrected chi connectivity index (χ1v) is 9.08. The topological polar surface area (TPSA) is 78.7 Å². The molecule has 0 bridgehead atoms. The lowest BCUT2D eigenvalue weighted by Gasteiger charge is -2.41. The third-order valence-electron chi connectivity index (χ3n) is 5.80. The molecule has 0 radical (unpaired) electrons. The molecule has 1 atom stereocenters. The van der Waals surface area contributed by atoms with Crippen LogP contribution in [0.2, 0.25) is 0 Å². The molecular formula is C19H28N4O2. The quantitative estimate of drug-likeness (QED) is 0.869. The highest BCUT2D eigenvalue weighted by molar-refractivity contribution is 5.96. The van der Waals surface area contributed by atoms with Gasteiger partial charge in [-0.1, -0.05) is 30.3 Å². The number of nitrogens with one attached hydrogen (secondary N) is 1. The second-order valence-corrected chi connectivity index (χ2v) is 7.51. The molecule has 136 valence electrons. The van der Waals surface area contributed by atoms with Gasteiger partial charge in [0.25, 0.3) is 0 Å². The van der Waals surface area contributed by atoms with Crippen LogP contribution in [0.1, 0.15) is 31.7 Å². The number of likely N-dealkylation sites (tertiary alicyclic amines) is 2. The predicted molar refractivity (Wildman–Crippen MR) is 96.8 cm³/mol. The Bertz CT molecular complexity index is 611. The fraction of sp³-hybridized carbons (Fsp3) is 0.579. The van der Waals surface area contributed by atoms with Crippen molar-refractivity contribution < 1.29 is 9.59 Å². The number of benzene rings is 1. The van der Waals surface area contributed by atoms with Crippen LogP contribution in [0.15, 0.2) is 30.3 Å². The van der Waals surface area contributed by atoms with Crippen LogP contribution < -0.4 is 11.1 Å². The number of urea groups is 1. The highest BCUT2D eigenvalue weighted by Gasteiger charge is 2.41. The Hall–Kier alpha value is -1.92. The first kappa shape index (κ1) is 17.9. The molecule has 2 aliphatic heterocycles. The molecule has 0 aliphatic carbocycles. The normalized spacial score (nSPS) is 22.0. The van der Waals surface area contributed by atoms with Crippen molar-refractivity contribution in [2.45, 2.75) is 38.8 Å². The van der Waals surface area contributed by atoms with Gasteiger partial charge < -0.3 is 5.73 Å². The van der Waals surface area contributed by atoms with Crippen LogP contribution in [0.25, 0.3) is 0 Å². The SMILES string of the molecule is CC(C(=O)NC(N)=O)N1CCC2(CCN(Cc3ccccc3)C2)CC1. The van der Waals surface area contributed by atoms with Crippen LogP contribution in [-0.2, 0) is 11.3 Å². The van der Waals surface area contributed by atoms with Crippen LogP contribution in [0.5, 0.6) is 0 Å². The molecule has 1 aromatic rings. The number of carbonyl (C=O) groups excluding carboxylic acids is 2. The Morgan fingerprint density at radius 1 is 1.16 bits per heavy atom. The summed E-state index contributed by atoms with van der Waals surface area (Å²) in [5.41, 5.74) is 6.79. The number of rotatable bonds is 4. The van der Waals surface area contributed by atoms with Gasteiger partial charge in [0.2, 0.25) is 5.91 Å². The minimum Gasteiger partial charge on any atom is -0.351 e. The van der Waals surface area contributed by atoms with Gasteiger partial charge in [-0.05, 0) is 56.8 Å². The zero-order valence-electron chi connectivity index (χ0n) is 14.9. The molecule has 2 saturated heterocycles. The van der Waals surface area contributed by atoms with Crippen molar-refractivity contribution in [1.82, 2.24) is 15.1 Å². The van der Waals surface area contributed by atoms with Gasteiger partial charge >= 0.3 is 6.03 Å². The van der Waals surface area contributed by atoms with Gasteiger partial charge in [-0.2, -0.15) is 0 Å². The van der Waals surface area contributed by atoms with E-state index in [1.807, 2.05) is 6.92 Å². The van der Waals surface area contributed by atoms with Crippen LogP contribution in [0.3, 0.4) is 0 Å². The Kier molecular flexibility index (Phi) is 5.39. The number of carbonyl (C=O) groups is 2. The summed E-state index contributed by atoms with van der Waals surface area (Å²) in [5, 5.41) is 2.19. The van der Waals surface area contributed by atoms with Crippen LogP contribution in [0.4, 0.5) is 4.79 Å². The first-order valence-electron chi connectivity index (χ1n) is 9.08. The summed E-state index contributed by atoms with van der Waals surface area (Å²) >= 11 is 0. The van der Waals surface area contributed by atoms with Gasteiger partial charge in [-0.25, -0.2) is 4.79 Å². The van der Waals surface area contributed by atoms with Crippen molar-refractivity contribution in [2.24, 2.45) is 11.1 Å². The van der Waals surface area contributed by atoms with E-state index >= 15 is 0 Å². The van der Waals surface area contributed by atoms with Crippen molar-refractivity contribution in [3.8, 4) is 0 Å². The summed E-state index contributed by atoms with van der Waals surface area (Å²) in [4.78, 5) is 27.5. The van der Waals surface area contributed by atoms with Gasteiger partial charge in [0.15, 0.2) is 0 Å². The maximum absolute atomic E-state index is 12.0. The average Bonchev–Trinajstić information content (AvgIpc) is 2.97. The van der Waals surface area contributed by atoms with Crippen molar-refractivity contribution in [3.63, 3.8) is 0 Å². The largest absolute Gasteiger partial charge is 0.351 e. The molecule has 25 heavy (non-hydrogen) atoms. The van der Waals surface area contributed by atoms with Gasteiger partial charge in [-0.15, -0.1) is 0 Å². The van der Waals surface area contributed by atoms with E-state index in [4.69, 9.17) is 5.73 Å². The molecule has 1 spiro atoms. The van der Waals surface area contributed by atoms with Gasteiger partial charge in [0.1, 0.15) is 0 Å². The minimum absolute atomic E-state index is 0.305. The first-order chi connectivity index (χ1) is 12.0. The zero-order chi connectivity index (χ0) is 17.9. The van der Waals surface area contributed by atoms with E-state index in [1.54, 1.807) is 0 Å². The average molecular weight is 344 g/mol. The molecule has 1 unspecified atom stereocenters. The smallest absolute Gasteiger partial charge is 0.318 e. The summed E-state index contributed by atoms with van der Waals surface area (Å²) in [6.45, 7) is 6.93. The van der Waals surface area contributed by atoms with Crippen molar-refractivity contribution in [1.29, 1.82) is 0 Å². The van der Waals surface area contributed by atoms with Crippen molar-refractivity contribution in [2.75, 3.05) is 26.2 Å². The summed E-state index contributed by atoms with van der Waals surface area (Å²) < 4.78 is 0. The summed E-state index contributed by atoms with van der Waals surface area (Å²) in [5.74, 6) is -0.305. The number of primary amides is 1. The number of nitrogens with zero attached hydrogens (tertiary/aromatic N) is 2. The van der Waals surface area contributed by atoms with E-state index in [0.717, 1.165) is 45.6 Å². The highest BCUT2D eigenvalue weighted by atomic mass is 16.2. The van der Waals surface area contributed by atoms with E-state index in [-0.39, 0.29) is 11.9 Å². The lowest BCUT2D eigenvalue weighted by molar-refractivity contribution is -0.125. The maximum Gasteiger partial charge on any atom is 0.318 e. The third kappa shape index (κ3) is 4.38. The number of hydrogen-bond acceptors (Lipinski definition) is 4. The van der Waals surface area contributed by atoms with Gasteiger partial charge in [-0.3, -0.25) is 19.9 Å². The molecule has 6 nitrogen and oxygen atoms in total. The number of hydrogen-bond donors (Lipinski definition) is 2. The molecule has 2 aliphatic rings. The van der Waals surface area contributed by atoms with E-state index in [0.29, 0.717) is 5.41 Å². The van der Waals surface area contributed by atoms with Crippen LogP contribution in [-0.4, -0.2) is 54.0 Å². The van der Waals surface area contributed by atoms with E-state index < -0.39 is 6.03 Å². The highest BCUT2D eigenvalue weighted by Crippen LogP contribution is 2.41. The molecule has 2 heterocycles. The second-order valence-electron chi connectivity index (χ2n) is 7.51. The lowest BCUT2D eigenvalue weighted by Crippen LogP contribution is -2.52. The zero-order valence-corrected chi connectivity index (χ0v) is 14.9. The van der Waals surface area contributed by atoms with Crippen molar-refractivity contribution >= 4 is 11.9 Å². The molecule has 0 aromatic heterocycles. The Labute approximate surface area is 149 Å². The lowest BCUT2D eigenvalue weighted by atomic mass is 9.77. The number of nitrogens with two attached hydrogens (primary N) is 1. The van der Waals surface area contributed by atoms with E-state index in [1.165, 1.54) is 12.0 Å². The molecule has 2 fully saturated rings. The molecule has 3 rings (SSSR count). The monoisotopic (exact) mass is 344 g/mol. The van der Waals surface area contributed by atoms with E-state index in [2.05, 4.69) is 45.4 Å². The molecule has 0 saturated carbocycles. The standard InChI is InChI=1S/C19H28N4O2/c1-15(17(24)21-18(20)25)23-11-8-19(9-12-23)7-10-22(14-19)13-16-5-3-2-4-6-16/h2-6,15H,7-14H2,1H3,(H3,20,21,24,25). The number of piperidine rings is 1. The van der Waals surface area contributed by atoms with Gasteiger partial charge in [0, 0.05) is 13.1 Å². The molecule has 3 amide bonds. The molecule has 6 heteroatoms.